The van der Waals surface area contributed by atoms with Crippen molar-refractivity contribution >= 4 is 40.0 Å². The minimum absolute atomic E-state index is 0.739. The van der Waals surface area contributed by atoms with Crippen molar-refractivity contribution in [2.45, 2.75) is 5.25 Å². The van der Waals surface area contributed by atoms with E-state index in [-0.39, 0.29) is 0 Å². The average Bonchev–Trinajstić information content (AvgIpc) is 2.69. The predicted octanol–water partition coefficient (Wildman–Crippen LogP) is 1.80. The van der Waals surface area contributed by atoms with E-state index in [0.717, 1.165) is 16.9 Å². The highest BCUT2D eigenvalue weighted by Crippen LogP contribution is 2.24. The second kappa shape index (κ2) is 5.07. The normalized spacial score (nSPS) is 22.9. The van der Waals surface area contributed by atoms with Crippen molar-refractivity contribution in [3.05, 3.63) is 5.51 Å². The van der Waals surface area contributed by atoms with Crippen molar-refractivity contribution in [2.24, 2.45) is 0 Å². The number of nitrogens with one attached hydrogen (secondary N) is 1. The van der Waals surface area contributed by atoms with Crippen LogP contribution in [0.4, 0.5) is 5.13 Å². The molecule has 0 saturated carbocycles. The molecule has 1 fully saturated rings. The van der Waals surface area contributed by atoms with Gasteiger partial charge in [0.05, 0.1) is 0 Å². The van der Waals surface area contributed by atoms with E-state index in [1.807, 2.05) is 11.8 Å². The summed E-state index contributed by atoms with van der Waals surface area (Å²) in [5, 5.41) is 12.7. The van der Waals surface area contributed by atoms with Gasteiger partial charge in [-0.15, -0.1) is 10.2 Å². The summed E-state index contributed by atoms with van der Waals surface area (Å²) in [6, 6.07) is 0. The van der Waals surface area contributed by atoms with Crippen LogP contribution in [0.1, 0.15) is 0 Å². The lowest BCUT2D eigenvalue weighted by Crippen LogP contribution is -2.23. The predicted molar refractivity (Wildman–Crippen MR) is 62.0 cm³/mol. The first kappa shape index (κ1) is 9.61. The van der Waals surface area contributed by atoms with Crippen molar-refractivity contribution in [3.63, 3.8) is 0 Å². The summed E-state index contributed by atoms with van der Waals surface area (Å²) in [6.45, 7) is 1.02. The Morgan fingerprint density at radius 2 is 2.54 bits per heavy atom. The molecule has 1 aliphatic heterocycles. The highest BCUT2D eigenvalue weighted by Gasteiger charge is 2.13. The van der Waals surface area contributed by atoms with Crippen LogP contribution >= 0.6 is 34.9 Å². The summed E-state index contributed by atoms with van der Waals surface area (Å²) >= 11 is 5.67. The Balaban J connectivity index is 1.72. The van der Waals surface area contributed by atoms with E-state index in [0.29, 0.717) is 0 Å². The van der Waals surface area contributed by atoms with Crippen LogP contribution in [0, 0.1) is 0 Å². The molecule has 0 aromatic carbocycles. The molecule has 0 bridgehead atoms. The van der Waals surface area contributed by atoms with Gasteiger partial charge >= 0.3 is 0 Å². The van der Waals surface area contributed by atoms with Crippen LogP contribution in [0.15, 0.2) is 5.51 Å². The third-order valence-corrected chi connectivity index (χ3v) is 5.22. The Kier molecular flexibility index (Phi) is 3.75. The standard InChI is InChI=1S/C7H11N3S3/c1-2-12-6(4-11-1)3-8-7-10-9-5-13-7/h5-6H,1-4H2,(H,8,10). The summed E-state index contributed by atoms with van der Waals surface area (Å²) in [6.07, 6.45) is 0. The van der Waals surface area contributed by atoms with Crippen LogP contribution in [0.5, 0.6) is 0 Å². The summed E-state index contributed by atoms with van der Waals surface area (Å²) in [4.78, 5) is 0. The van der Waals surface area contributed by atoms with Crippen molar-refractivity contribution in [2.75, 3.05) is 29.1 Å². The first-order chi connectivity index (χ1) is 6.45. The van der Waals surface area contributed by atoms with Crippen LogP contribution in [0.2, 0.25) is 0 Å². The zero-order valence-electron chi connectivity index (χ0n) is 7.10. The Hall–Kier alpha value is 0.0600. The van der Waals surface area contributed by atoms with E-state index >= 15 is 0 Å². The third-order valence-electron chi connectivity index (χ3n) is 1.73. The molecule has 1 atom stereocenters. The maximum atomic E-state index is 3.94. The minimum atomic E-state index is 0.739. The fourth-order valence-electron chi connectivity index (χ4n) is 1.11. The second-order valence-electron chi connectivity index (χ2n) is 2.69. The first-order valence-corrected chi connectivity index (χ1v) is 7.23. The number of rotatable bonds is 3. The van der Waals surface area contributed by atoms with E-state index in [9.17, 15) is 0 Å². The molecular formula is C7H11N3S3. The molecule has 1 aromatic rings. The van der Waals surface area contributed by atoms with Crippen LogP contribution in [0.25, 0.3) is 0 Å². The summed E-state index contributed by atoms with van der Waals surface area (Å²) < 4.78 is 0. The van der Waals surface area contributed by atoms with E-state index in [1.54, 1.807) is 16.8 Å². The van der Waals surface area contributed by atoms with Crippen molar-refractivity contribution in [1.29, 1.82) is 0 Å². The summed E-state index contributed by atoms with van der Waals surface area (Å²) in [7, 11) is 0. The monoisotopic (exact) mass is 233 g/mol. The largest absolute Gasteiger partial charge is 0.359 e. The van der Waals surface area contributed by atoms with Crippen molar-refractivity contribution in [3.8, 4) is 0 Å². The van der Waals surface area contributed by atoms with Crippen LogP contribution < -0.4 is 5.32 Å². The zero-order valence-corrected chi connectivity index (χ0v) is 9.55. The van der Waals surface area contributed by atoms with Gasteiger partial charge in [-0.1, -0.05) is 11.3 Å². The van der Waals surface area contributed by atoms with Gasteiger partial charge in [0.25, 0.3) is 0 Å². The molecule has 1 N–H and O–H groups in total. The van der Waals surface area contributed by atoms with Gasteiger partial charge in [0.2, 0.25) is 5.13 Å². The number of hydrogen-bond acceptors (Lipinski definition) is 6. The van der Waals surface area contributed by atoms with Crippen LogP contribution in [-0.4, -0.2) is 39.3 Å². The maximum Gasteiger partial charge on any atom is 0.205 e. The topological polar surface area (TPSA) is 37.8 Å². The molecule has 1 saturated heterocycles. The summed E-state index contributed by atoms with van der Waals surface area (Å²) in [5.74, 6) is 3.85. The van der Waals surface area contributed by atoms with E-state index < -0.39 is 0 Å². The van der Waals surface area contributed by atoms with Crippen molar-refractivity contribution < 1.29 is 0 Å². The molecule has 72 valence electrons. The first-order valence-electron chi connectivity index (χ1n) is 4.14. The molecule has 2 heterocycles. The number of aromatic nitrogens is 2. The van der Waals surface area contributed by atoms with Gasteiger partial charge < -0.3 is 5.32 Å². The quantitative estimate of drug-likeness (QED) is 0.861. The molecule has 1 aromatic heterocycles. The van der Waals surface area contributed by atoms with E-state index in [1.165, 1.54) is 17.3 Å². The second-order valence-corrected chi connectivity index (χ2v) is 6.08. The zero-order chi connectivity index (χ0) is 8.93. The lowest BCUT2D eigenvalue weighted by atomic mass is 10.5. The van der Waals surface area contributed by atoms with Gasteiger partial charge in [-0.05, 0) is 0 Å². The molecule has 0 spiro atoms. The third kappa shape index (κ3) is 3.03. The SMILES string of the molecule is c1nnc(NCC2CSCCS2)s1. The van der Waals surface area contributed by atoms with Gasteiger partial charge in [-0.3, -0.25) is 0 Å². The molecule has 13 heavy (non-hydrogen) atoms. The number of nitrogens with zero attached hydrogens (tertiary/aromatic N) is 2. The van der Waals surface area contributed by atoms with Crippen LogP contribution in [0.3, 0.4) is 0 Å². The Morgan fingerprint density at radius 1 is 1.54 bits per heavy atom. The maximum absolute atomic E-state index is 3.94. The average molecular weight is 233 g/mol. The summed E-state index contributed by atoms with van der Waals surface area (Å²) in [5.41, 5.74) is 1.76. The fraction of sp³-hybridized carbons (Fsp3) is 0.714. The number of hydrogen-bond donors (Lipinski definition) is 1. The molecular weight excluding hydrogens is 222 g/mol. The Labute approximate surface area is 90.1 Å². The van der Waals surface area contributed by atoms with Crippen molar-refractivity contribution in [1.82, 2.24) is 10.2 Å². The molecule has 1 unspecified atom stereocenters. The fourth-order valence-corrected chi connectivity index (χ4v) is 4.17. The molecule has 3 nitrogen and oxygen atoms in total. The molecule has 1 aliphatic rings. The van der Waals surface area contributed by atoms with Gasteiger partial charge in [0.1, 0.15) is 5.51 Å². The van der Waals surface area contributed by atoms with Gasteiger partial charge in [-0.25, -0.2) is 0 Å². The Morgan fingerprint density at radius 3 is 3.23 bits per heavy atom. The number of anilines is 1. The molecule has 0 aliphatic carbocycles. The van der Waals surface area contributed by atoms with E-state index in [4.69, 9.17) is 0 Å². The molecule has 0 amide bonds. The lowest BCUT2D eigenvalue weighted by molar-refractivity contribution is 0.984. The molecule has 2 rings (SSSR count). The van der Waals surface area contributed by atoms with E-state index in [2.05, 4.69) is 27.3 Å². The Bertz CT molecular complexity index is 233. The minimum Gasteiger partial charge on any atom is -0.359 e. The molecule has 6 heteroatoms. The van der Waals surface area contributed by atoms with Gasteiger partial charge in [-0.2, -0.15) is 23.5 Å². The smallest absolute Gasteiger partial charge is 0.205 e. The highest BCUT2D eigenvalue weighted by atomic mass is 32.2. The molecule has 0 radical (unpaired) electrons. The lowest BCUT2D eigenvalue weighted by Gasteiger charge is -2.20. The van der Waals surface area contributed by atoms with Gasteiger partial charge in [0, 0.05) is 29.1 Å². The number of thioether (sulfide) groups is 2. The van der Waals surface area contributed by atoms with Crippen LogP contribution in [-0.2, 0) is 0 Å². The van der Waals surface area contributed by atoms with Gasteiger partial charge in [0.15, 0.2) is 0 Å². The highest BCUT2D eigenvalue weighted by molar-refractivity contribution is 8.06.